The van der Waals surface area contributed by atoms with E-state index in [9.17, 15) is 9.18 Å². The SMILES string of the molecule is O=C(OCF)c1scc[n+]1Cc1ccccc1. The fourth-order valence-electron chi connectivity index (χ4n) is 1.49. The van der Waals surface area contributed by atoms with Gasteiger partial charge in [-0.15, -0.1) is 0 Å². The summed E-state index contributed by atoms with van der Waals surface area (Å²) in [6.07, 6.45) is 1.78. The molecule has 1 heterocycles. The zero-order valence-electron chi connectivity index (χ0n) is 9.01. The minimum absolute atomic E-state index is 0.395. The Kier molecular flexibility index (Phi) is 3.82. The average molecular weight is 252 g/mol. The molecular weight excluding hydrogens is 241 g/mol. The van der Waals surface area contributed by atoms with Crippen molar-refractivity contribution >= 4 is 17.3 Å². The van der Waals surface area contributed by atoms with Crippen LogP contribution in [0.1, 0.15) is 15.4 Å². The van der Waals surface area contributed by atoms with Gasteiger partial charge in [0, 0.05) is 5.56 Å². The molecule has 17 heavy (non-hydrogen) atoms. The molecule has 0 atom stereocenters. The minimum Gasteiger partial charge on any atom is -0.425 e. The Morgan fingerprint density at radius 3 is 2.82 bits per heavy atom. The molecule has 0 aliphatic heterocycles. The van der Waals surface area contributed by atoms with Crippen LogP contribution in [-0.2, 0) is 11.3 Å². The molecule has 0 saturated carbocycles. The van der Waals surface area contributed by atoms with Gasteiger partial charge in [-0.3, -0.25) is 0 Å². The van der Waals surface area contributed by atoms with E-state index in [1.54, 1.807) is 16.1 Å². The smallest absolute Gasteiger partial charge is 0.417 e. The molecule has 0 aliphatic rings. The second-order valence-corrected chi connectivity index (χ2v) is 4.26. The molecule has 2 aromatic rings. The maximum atomic E-state index is 11.9. The van der Waals surface area contributed by atoms with Crippen LogP contribution in [0.5, 0.6) is 0 Å². The first-order valence-corrected chi connectivity index (χ1v) is 5.93. The van der Waals surface area contributed by atoms with Crippen LogP contribution in [-0.4, -0.2) is 12.8 Å². The summed E-state index contributed by atoms with van der Waals surface area (Å²) in [5.74, 6) is -0.626. The van der Waals surface area contributed by atoms with E-state index in [0.29, 0.717) is 11.6 Å². The molecule has 0 N–H and O–H groups in total. The van der Waals surface area contributed by atoms with Gasteiger partial charge in [-0.05, 0) is 0 Å². The molecule has 0 bridgehead atoms. The first-order chi connectivity index (χ1) is 8.31. The van der Waals surface area contributed by atoms with E-state index in [2.05, 4.69) is 4.74 Å². The summed E-state index contributed by atoms with van der Waals surface area (Å²) in [7, 11) is 0. The number of alkyl halides is 1. The molecule has 88 valence electrons. The second kappa shape index (κ2) is 5.54. The number of hydrogen-bond acceptors (Lipinski definition) is 3. The van der Waals surface area contributed by atoms with Crippen molar-refractivity contribution in [1.82, 2.24) is 0 Å². The van der Waals surface area contributed by atoms with Gasteiger partial charge in [-0.2, -0.15) is 4.57 Å². The van der Waals surface area contributed by atoms with Crippen LogP contribution >= 0.6 is 11.3 Å². The summed E-state index contributed by atoms with van der Waals surface area (Å²) in [6, 6.07) is 9.73. The minimum atomic E-state index is -1.10. The summed E-state index contributed by atoms with van der Waals surface area (Å²) in [5.41, 5.74) is 1.07. The summed E-state index contributed by atoms with van der Waals surface area (Å²) < 4.78 is 18.0. The lowest BCUT2D eigenvalue weighted by Crippen LogP contribution is -2.38. The Hall–Kier alpha value is -1.75. The third kappa shape index (κ3) is 2.88. The zero-order valence-corrected chi connectivity index (χ0v) is 9.82. The Morgan fingerprint density at radius 2 is 2.12 bits per heavy atom. The van der Waals surface area contributed by atoms with E-state index in [0.717, 1.165) is 5.56 Å². The molecule has 1 aromatic carbocycles. The van der Waals surface area contributed by atoms with Crippen molar-refractivity contribution in [3.63, 3.8) is 0 Å². The number of carbonyl (C=O) groups is 1. The molecule has 3 nitrogen and oxygen atoms in total. The van der Waals surface area contributed by atoms with Crippen molar-refractivity contribution in [3.05, 3.63) is 52.5 Å². The lowest BCUT2D eigenvalue weighted by molar-refractivity contribution is -0.685. The number of benzene rings is 1. The molecule has 0 amide bonds. The lowest BCUT2D eigenvalue weighted by Gasteiger charge is -1.98. The average Bonchev–Trinajstić information content (AvgIpc) is 2.79. The number of halogens is 1. The van der Waals surface area contributed by atoms with Crippen molar-refractivity contribution in [2.45, 2.75) is 6.54 Å². The molecule has 1 aromatic heterocycles. The molecule has 0 saturated heterocycles. The number of hydrogen-bond donors (Lipinski definition) is 0. The van der Waals surface area contributed by atoms with Gasteiger partial charge in [0.15, 0.2) is 12.7 Å². The molecule has 0 unspecified atom stereocenters. The Morgan fingerprint density at radius 1 is 1.35 bits per heavy atom. The highest BCUT2D eigenvalue weighted by Gasteiger charge is 2.22. The number of aromatic nitrogens is 1. The third-order valence-corrected chi connectivity index (χ3v) is 3.12. The van der Waals surface area contributed by atoms with E-state index in [4.69, 9.17) is 0 Å². The number of ether oxygens (including phenoxy) is 1. The second-order valence-electron chi connectivity index (χ2n) is 3.36. The van der Waals surface area contributed by atoms with Gasteiger partial charge in [0.1, 0.15) is 0 Å². The van der Waals surface area contributed by atoms with E-state index in [1.165, 1.54) is 11.3 Å². The van der Waals surface area contributed by atoms with Gasteiger partial charge in [0.25, 0.3) is 0 Å². The molecule has 0 spiro atoms. The number of carbonyl (C=O) groups excluding carboxylic acids is 1. The van der Waals surface area contributed by atoms with Crippen molar-refractivity contribution in [1.29, 1.82) is 0 Å². The van der Waals surface area contributed by atoms with E-state index < -0.39 is 12.8 Å². The highest BCUT2D eigenvalue weighted by molar-refractivity contribution is 7.11. The van der Waals surface area contributed by atoms with Crippen LogP contribution in [0.2, 0.25) is 0 Å². The first-order valence-electron chi connectivity index (χ1n) is 5.05. The fourth-order valence-corrected chi connectivity index (χ4v) is 2.24. The molecule has 0 radical (unpaired) electrons. The maximum Gasteiger partial charge on any atom is 0.417 e. The molecular formula is C12H11FNO2S+. The van der Waals surface area contributed by atoms with Crippen LogP contribution < -0.4 is 4.57 Å². The summed E-state index contributed by atoms with van der Waals surface area (Å²) in [4.78, 5) is 11.4. The summed E-state index contributed by atoms with van der Waals surface area (Å²) in [5, 5.41) is 2.17. The Labute approximate surface area is 102 Å². The molecule has 2 rings (SSSR count). The topological polar surface area (TPSA) is 30.2 Å². The van der Waals surface area contributed by atoms with Gasteiger partial charge in [-0.1, -0.05) is 41.7 Å². The Bertz CT molecular complexity index is 498. The van der Waals surface area contributed by atoms with E-state index >= 15 is 0 Å². The van der Waals surface area contributed by atoms with Crippen LogP contribution in [0.4, 0.5) is 4.39 Å². The maximum absolute atomic E-state index is 11.9. The highest BCUT2D eigenvalue weighted by atomic mass is 32.1. The van der Waals surface area contributed by atoms with Gasteiger partial charge in [0.2, 0.25) is 6.86 Å². The number of esters is 1. The monoisotopic (exact) mass is 252 g/mol. The van der Waals surface area contributed by atoms with Crippen molar-refractivity contribution in [2.24, 2.45) is 0 Å². The van der Waals surface area contributed by atoms with Gasteiger partial charge in [0.05, 0.1) is 5.38 Å². The van der Waals surface area contributed by atoms with E-state index in [-0.39, 0.29) is 0 Å². The normalized spacial score (nSPS) is 10.2. The van der Waals surface area contributed by atoms with Crippen molar-refractivity contribution in [3.8, 4) is 0 Å². The summed E-state index contributed by atoms with van der Waals surface area (Å²) in [6.45, 7) is -0.525. The fraction of sp³-hybridized carbons (Fsp3) is 0.167. The van der Waals surface area contributed by atoms with Crippen LogP contribution in [0.3, 0.4) is 0 Å². The first kappa shape index (κ1) is 11.7. The quantitative estimate of drug-likeness (QED) is 0.616. The van der Waals surface area contributed by atoms with Gasteiger partial charge < -0.3 is 4.74 Å². The largest absolute Gasteiger partial charge is 0.425 e. The Balaban J connectivity index is 2.17. The highest BCUT2D eigenvalue weighted by Crippen LogP contribution is 2.06. The number of nitrogens with zero attached hydrogens (tertiary/aromatic N) is 1. The number of thiazole rings is 1. The zero-order chi connectivity index (χ0) is 12.1. The van der Waals surface area contributed by atoms with E-state index in [1.807, 2.05) is 30.3 Å². The van der Waals surface area contributed by atoms with Gasteiger partial charge >= 0.3 is 11.0 Å². The molecule has 0 aliphatic carbocycles. The molecule has 5 heteroatoms. The predicted molar refractivity (Wildman–Crippen MR) is 61.4 cm³/mol. The summed E-state index contributed by atoms with van der Waals surface area (Å²) >= 11 is 1.24. The van der Waals surface area contributed by atoms with Crippen LogP contribution in [0, 0.1) is 0 Å². The van der Waals surface area contributed by atoms with Crippen molar-refractivity contribution < 1.29 is 18.5 Å². The predicted octanol–water partition coefficient (Wildman–Crippen LogP) is 2.17. The standard InChI is InChI=1S/C12H11FNO2S/c13-9-16-12(15)11-14(6-7-17-11)8-10-4-2-1-3-5-10/h1-7H,8-9H2/q+1. The lowest BCUT2D eigenvalue weighted by atomic mass is 10.2. The number of rotatable bonds is 4. The van der Waals surface area contributed by atoms with Gasteiger partial charge in [-0.25, -0.2) is 9.18 Å². The van der Waals surface area contributed by atoms with Crippen LogP contribution in [0.15, 0.2) is 41.9 Å². The van der Waals surface area contributed by atoms with Crippen LogP contribution in [0.25, 0.3) is 0 Å². The molecule has 0 fully saturated rings. The third-order valence-electron chi connectivity index (χ3n) is 2.24. The van der Waals surface area contributed by atoms with Crippen molar-refractivity contribution in [2.75, 3.05) is 6.86 Å².